The molecule has 2 rings (SSSR count). The summed E-state index contributed by atoms with van der Waals surface area (Å²) in [6.45, 7) is 1.93. The van der Waals surface area contributed by atoms with Gasteiger partial charge in [0, 0.05) is 11.3 Å². The van der Waals surface area contributed by atoms with Crippen LogP contribution in [0.2, 0.25) is 0 Å². The summed E-state index contributed by atoms with van der Waals surface area (Å²) in [5.41, 5.74) is -0.157. The molecule has 1 aromatic heterocycles. The molecule has 2 aromatic rings. The quantitative estimate of drug-likeness (QED) is 0.760. The number of hydrogen-bond acceptors (Lipinski definition) is 4. The van der Waals surface area contributed by atoms with Crippen molar-refractivity contribution in [3.8, 4) is 0 Å². The van der Waals surface area contributed by atoms with E-state index in [4.69, 9.17) is 5.11 Å². The van der Waals surface area contributed by atoms with E-state index >= 15 is 0 Å². The number of aromatic carboxylic acids is 1. The summed E-state index contributed by atoms with van der Waals surface area (Å²) in [6, 6.07) is 4.75. The standard InChI is InChI=1S/C17H17F3N2O3S/c1-2-11(7-10-3-5-12(6-4-10)17(18,19)20)15(23)21-8-14-22-13(9-26-14)16(24)25/h3-6,9,11H,2,7-8H2,1H3,(H,21,23)(H,24,25). The van der Waals surface area contributed by atoms with Crippen LogP contribution in [0.1, 0.15) is 40.0 Å². The molecule has 0 saturated carbocycles. The van der Waals surface area contributed by atoms with Crippen LogP contribution in [0.25, 0.3) is 0 Å². The third-order valence-corrected chi connectivity index (χ3v) is 4.66. The minimum atomic E-state index is -4.39. The zero-order chi connectivity index (χ0) is 19.3. The molecule has 26 heavy (non-hydrogen) atoms. The number of benzene rings is 1. The topological polar surface area (TPSA) is 79.3 Å². The normalized spacial score (nSPS) is 12.6. The van der Waals surface area contributed by atoms with E-state index in [0.29, 0.717) is 23.4 Å². The average Bonchev–Trinajstić information content (AvgIpc) is 3.06. The van der Waals surface area contributed by atoms with Crippen molar-refractivity contribution in [2.24, 2.45) is 5.92 Å². The highest BCUT2D eigenvalue weighted by molar-refractivity contribution is 7.09. The molecular formula is C17H17F3N2O3S. The molecule has 0 spiro atoms. The fraction of sp³-hybridized carbons (Fsp3) is 0.353. The van der Waals surface area contributed by atoms with Gasteiger partial charge >= 0.3 is 12.1 Å². The second-order valence-electron chi connectivity index (χ2n) is 5.65. The molecule has 1 heterocycles. The summed E-state index contributed by atoms with van der Waals surface area (Å²) in [5.74, 6) is -1.78. The van der Waals surface area contributed by atoms with Crippen LogP contribution in [-0.2, 0) is 23.9 Å². The van der Waals surface area contributed by atoms with E-state index in [1.807, 2.05) is 6.92 Å². The Bertz CT molecular complexity index is 772. The van der Waals surface area contributed by atoms with Crippen LogP contribution in [0.3, 0.4) is 0 Å². The van der Waals surface area contributed by atoms with Gasteiger partial charge in [-0.3, -0.25) is 4.79 Å². The molecule has 0 aliphatic carbocycles. The van der Waals surface area contributed by atoms with Crippen molar-refractivity contribution >= 4 is 23.2 Å². The number of amides is 1. The van der Waals surface area contributed by atoms with Gasteiger partial charge in [-0.05, 0) is 30.5 Å². The first kappa shape index (κ1) is 19.9. The number of aromatic nitrogens is 1. The van der Waals surface area contributed by atoms with Crippen LogP contribution < -0.4 is 5.32 Å². The van der Waals surface area contributed by atoms with E-state index < -0.39 is 23.6 Å². The molecule has 1 aromatic carbocycles. The number of carbonyl (C=O) groups is 2. The highest BCUT2D eigenvalue weighted by Crippen LogP contribution is 2.29. The Hall–Kier alpha value is -2.42. The van der Waals surface area contributed by atoms with Gasteiger partial charge in [-0.1, -0.05) is 19.1 Å². The zero-order valence-electron chi connectivity index (χ0n) is 13.8. The van der Waals surface area contributed by atoms with Crippen molar-refractivity contribution in [2.45, 2.75) is 32.5 Å². The van der Waals surface area contributed by atoms with Crippen LogP contribution in [0.15, 0.2) is 29.6 Å². The van der Waals surface area contributed by atoms with Crippen LogP contribution in [-0.4, -0.2) is 22.0 Å². The van der Waals surface area contributed by atoms with Gasteiger partial charge in [-0.2, -0.15) is 13.2 Å². The molecule has 0 saturated heterocycles. The van der Waals surface area contributed by atoms with Crippen molar-refractivity contribution in [1.82, 2.24) is 10.3 Å². The lowest BCUT2D eigenvalue weighted by atomic mass is 9.95. The molecule has 1 atom stereocenters. The molecule has 0 aliphatic heterocycles. The van der Waals surface area contributed by atoms with Gasteiger partial charge in [0.05, 0.1) is 12.1 Å². The fourth-order valence-electron chi connectivity index (χ4n) is 2.33. The smallest absolute Gasteiger partial charge is 0.416 e. The second-order valence-corrected chi connectivity index (χ2v) is 6.60. The van der Waals surface area contributed by atoms with Gasteiger partial charge in [0.1, 0.15) is 5.01 Å². The number of nitrogens with one attached hydrogen (secondary N) is 1. The molecule has 0 fully saturated rings. The number of thiazole rings is 1. The number of rotatable bonds is 7. The maximum absolute atomic E-state index is 12.6. The SMILES string of the molecule is CCC(Cc1ccc(C(F)(F)F)cc1)C(=O)NCc1nc(C(=O)O)cs1. The number of carboxylic acid groups (broad SMARTS) is 1. The number of carboxylic acids is 1. The minimum absolute atomic E-state index is 0.0731. The maximum Gasteiger partial charge on any atom is 0.416 e. The van der Waals surface area contributed by atoms with Crippen LogP contribution in [0.4, 0.5) is 13.2 Å². The van der Waals surface area contributed by atoms with Crippen molar-refractivity contribution in [2.75, 3.05) is 0 Å². The van der Waals surface area contributed by atoms with E-state index in [1.165, 1.54) is 17.5 Å². The molecule has 1 unspecified atom stereocenters. The Morgan fingerprint density at radius 3 is 2.42 bits per heavy atom. The molecule has 0 bridgehead atoms. The van der Waals surface area contributed by atoms with Crippen LogP contribution >= 0.6 is 11.3 Å². The van der Waals surface area contributed by atoms with Crippen LogP contribution in [0.5, 0.6) is 0 Å². The summed E-state index contributed by atoms with van der Waals surface area (Å²) in [5, 5.41) is 13.4. The Balaban J connectivity index is 1.94. The fourth-order valence-corrected chi connectivity index (χ4v) is 3.04. The first-order valence-corrected chi connectivity index (χ1v) is 8.70. The Kier molecular flexibility index (Phi) is 6.36. The number of hydrogen-bond donors (Lipinski definition) is 2. The molecule has 1 amide bonds. The van der Waals surface area contributed by atoms with E-state index in [9.17, 15) is 22.8 Å². The largest absolute Gasteiger partial charge is 0.476 e. The number of alkyl halides is 3. The van der Waals surface area contributed by atoms with E-state index in [1.54, 1.807) is 0 Å². The first-order valence-electron chi connectivity index (χ1n) is 7.82. The third-order valence-electron chi connectivity index (χ3n) is 3.81. The van der Waals surface area contributed by atoms with E-state index in [-0.39, 0.29) is 18.1 Å². The molecular weight excluding hydrogens is 369 g/mol. The second kappa shape index (κ2) is 8.31. The molecule has 9 heteroatoms. The zero-order valence-corrected chi connectivity index (χ0v) is 14.7. The summed E-state index contributed by atoms with van der Waals surface area (Å²) >= 11 is 1.13. The molecule has 0 aliphatic rings. The molecule has 5 nitrogen and oxygen atoms in total. The van der Waals surface area contributed by atoms with Crippen LogP contribution in [0, 0.1) is 5.92 Å². The minimum Gasteiger partial charge on any atom is -0.476 e. The Labute approximate surface area is 151 Å². The van der Waals surface area contributed by atoms with Gasteiger partial charge < -0.3 is 10.4 Å². The van der Waals surface area contributed by atoms with Gasteiger partial charge in [-0.25, -0.2) is 9.78 Å². The summed E-state index contributed by atoms with van der Waals surface area (Å²) in [6.07, 6.45) is -3.55. The van der Waals surface area contributed by atoms with Crippen molar-refractivity contribution in [1.29, 1.82) is 0 Å². The molecule has 2 N–H and O–H groups in total. The number of carbonyl (C=O) groups excluding carboxylic acids is 1. The van der Waals surface area contributed by atoms with E-state index in [0.717, 1.165) is 23.5 Å². The van der Waals surface area contributed by atoms with Crippen molar-refractivity contribution in [3.05, 3.63) is 51.5 Å². The van der Waals surface area contributed by atoms with Crippen molar-refractivity contribution in [3.63, 3.8) is 0 Å². The number of nitrogens with zero attached hydrogens (tertiary/aromatic N) is 1. The summed E-state index contributed by atoms with van der Waals surface area (Å²) in [4.78, 5) is 27.0. The highest BCUT2D eigenvalue weighted by Gasteiger charge is 2.30. The van der Waals surface area contributed by atoms with Gasteiger partial charge in [-0.15, -0.1) is 11.3 Å². The predicted octanol–water partition coefficient (Wildman–Crippen LogP) is 3.75. The lowest BCUT2D eigenvalue weighted by Crippen LogP contribution is -2.31. The van der Waals surface area contributed by atoms with Gasteiger partial charge in [0.2, 0.25) is 5.91 Å². The summed E-state index contributed by atoms with van der Waals surface area (Å²) < 4.78 is 37.8. The lowest BCUT2D eigenvalue weighted by molar-refractivity contribution is -0.137. The lowest BCUT2D eigenvalue weighted by Gasteiger charge is -2.15. The van der Waals surface area contributed by atoms with Gasteiger partial charge in [0.15, 0.2) is 5.69 Å². The highest BCUT2D eigenvalue weighted by atomic mass is 32.1. The monoisotopic (exact) mass is 386 g/mol. The Morgan fingerprint density at radius 2 is 1.92 bits per heavy atom. The first-order chi connectivity index (χ1) is 12.2. The maximum atomic E-state index is 12.6. The summed E-state index contributed by atoms with van der Waals surface area (Å²) in [7, 11) is 0. The predicted molar refractivity (Wildman–Crippen MR) is 89.8 cm³/mol. The molecule has 0 radical (unpaired) electrons. The number of halogens is 3. The average molecular weight is 386 g/mol. The Morgan fingerprint density at radius 1 is 1.27 bits per heavy atom. The van der Waals surface area contributed by atoms with Crippen molar-refractivity contribution < 1.29 is 27.9 Å². The third kappa shape index (κ3) is 5.29. The molecule has 140 valence electrons. The van der Waals surface area contributed by atoms with Gasteiger partial charge in [0.25, 0.3) is 0 Å². The van der Waals surface area contributed by atoms with E-state index in [2.05, 4.69) is 10.3 Å².